The van der Waals surface area contributed by atoms with Crippen LogP contribution in [0.2, 0.25) is 0 Å². The molecule has 0 amide bonds. The van der Waals surface area contributed by atoms with E-state index in [9.17, 15) is 4.39 Å². The fourth-order valence-corrected chi connectivity index (χ4v) is 3.27. The van der Waals surface area contributed by atoms with Crippen molar-refractivity contribution in [1.29, 1.82) is 0 Å². The average Bonchev–Trinajstić information content (AvgIpc) is 3.25. The van der Waals surface area contributed by atoms with Gasteiger partial charge in [-0.1, -0.05) is 12.1 Å². The summed E-state index contributed by atoms with van der Waals surface area (Å²) >= 11 is 0. The topological polar surface area (TPSA) is 86.0 Å². The van der Waals surface area contributed by atoms with Crippen molar-refractivity contribution < 1.29 is 13.5 Å². The van der Waals surface area contributed by atoms with Gasteiger partial charge in [-0.2, -0.15) is 0 Å². The molecular formula is C24H18FN5O2. The van der Waals surface area contributed by atoms with Gasteiger partial charge in [0.15, 0.2) is 0 Å². The second-order valence-electron chi connectivity index (χ2n) is 7.15. The van der Waals surface area contributed by atoms with Crippen LogP contribution < -0.4 is 10.1 Å². The van der Waals surface area contributed by atoms with Crippen LogP contribution in [0.1, 0.15) is 11.5 Å². The van der Waals surface area contributed by atoms with E-state index in [4.69, 9.17) is 9.15 Å². The molecular weight excluding hydrogens is 409 g/mol. The van der Waals surface area contributed by atoms with Crippen molar-refractivity contribution in [3.8, 4) is 17.2 Å². The highest BCUT2D eigenvalue weighted by Crippen LogP contribution is 2.28. The maximum absolute atomic E-state index is 13.3. The van der Waals surface area contributed by atoms with E-state index in [0.717, 1.165) is 27.7 Å². The van der Waals surface area contributed by atoms with Crippen LogP contribution in [-0.4, -0.2) is 20.2 Å². The van der Waals surface area contributed by atoms with Crippen molar-refractivity contribution >= 4 is 22.4 Å². The van der Waals surface area contributed by atoms with Gasteiger partial charge in [-0.3, -0.25) is 0 Å². The molecule has 0 spiro atoms. The van der Waals surface area contributed by atoms with Gasteiger partial charge in [0.2, 0.25) is 11.8 Å². The highest BCUT2D eigenvalue weighted by Gasteiger charge is 2.10. The number of hydrogen-bond donors (Lipinski definition) is 1. The van der Waals surface area contributed by atoms with Gasteiger partial charge in [-0.15, -0.1) is 10.2 Å². The third-order valence-corrected chi connectivity index (χ3v) is 4.82. The van der Waals surface area contributed by atoms with E-state index < -0.39 is 0 Å². The molecule has 3 aromatic carbocycles. The highest BCUT2D eigenvalue weighted by molar-refractivity contribution is 5.93. The maximum Gasteiger partial charge on any atom is 0.247 e. The van der Waals surface area contributed by atoms with E-state index in [-0.39, 0.29) is 5.82 Å². The van der Waals surface area contributed by atoms with Crippen LogP contribution in [0.5, 0.6) is 5.75 Å². The zero-order valence-corrected chi connectivity index (χ0v) is 17.1. The molecule has 5 aromatic rings. The zero-order valence-electron chi connectivity index (χ0n) is 17.1. The van der Waals surface area contributed by atoms with Gasteiger partial charge in [0.05, 0.1) is 5.52 Å². The summed E-state index contributed by atoms with van der Waals surface area (Å²) in [6.07, 6.45) is 1.51. The van der Waals surface area contributed by atoms with Crippen molar-refractivity contribution in [3.05, 3.63) is 90.3 Å². The molecule has 7 nitrogen and oxygen atoms in total. The second-order valence-corrected chi connectivity index (χ2v) is 7.15. The van der Waals surface area contributed by atoms with Crippen molar-refractivity contribution in [1.82, 2.24) is 20.2 Å². The molecule has 5 rings (SSSR count). The summed E-state index contributed by atoms with van der Waals surface area (Å²) in [7, 11) is 0. The van der Waals surface area contributed by atoms with Crippen LogP contribution >= 0.6 is 0 Å². The van der Waals surface area contributed by atoms with Crippen molar-refractivity contribution in [2.24, 2.45) is 0 Å². The molecule has 0 aliphatic rings. The van der Waals surface area contributed by atoms with Crippen molar-refractivity contribution in [2.45, 2.75) is 13.5 Å². The number of rotatable bonds is 6. The van der Waals surface area contributed by atoms with Gasteiger partial charge in [0.1, 0.15) is 30.3 Å². The van der Waals surface area contributed by atoms with Crippen molar-refractivity contribution in [3.63, 3.8) is 0 Å². The summed E-state index contributed by atoms with van der Waals surface area (Å²) < 4.78 is 24.6. The predicted octanol–water partition coefficient (Wildman–Crippen LogP) is 5.45. The van der Waals surface area contributed by atoms with Crippen LogP contribution in [0.3, 0.4) is 0 Å². The Labute approximate surface area is 182 Å². The largest absolute Gasteiger partial charge is 0.489 e. The number of hydrogen-bond acceptors (Lipinski definition) is 7. The Kier molecular flexibility index (Phi) is 5.17. The monoisotopic (exact) mass is 427 g/mol. The third-order valence-electron chi connectivity index (χ3n) is 4.82. The molecule has 0 radical (unpaired) electrons. The standard InChI is InChI=1S/C24H18FN5O2/c1-15-29-30-24(32-15)17-5-10-22-21(12-17)23(27-14-26-22)28-19-6-8-20(9-7-19)31-13-16-3-2-4-18(25)11-16/h2-12,14H,13H2,1H3,(H,26,27,28). The van der Waals surface area contributed by atoms with Gasteiger partial charge in [0, 0.05) is 23.6 Å². The van der Waals surface area contributed by atoms with E-state index in [0.29, 0.717) is 30.0 Å². The van der Waals surface area contributed by atoms with Crippen LogP contribution in [0, 0.1) is 12.7 Å². The first-order chi connectivity index (χ1) is 15.6. The van der Waals surface area contributed by atoms with Crippen LogP contribution in [0.25, 0.3) is 22.4 Å². The number of ether oxygens (including phenoxy) is 1. The molecule has 1 N–H and O–H groups in total. The number of fused-ring (bicyclic) bond motifs is 1. The van der Waals surface area contributed by atoms with E-state index in [1.54, 1.807) is 13.0 Å². The Balaban J connectivity index is 1.34. The molecule has 0 bridgehead atoms. The average molecular weight is 427 g/mol. The normalized spacial score (nSPS) is 10.9. The first-order valence-electron chi connectivity index (χ1n) is 9.94. The van der Waals surface area contributed by atoms with Gasteiger partial charge < -0.3 is 14.5 Å². The molecule has 158 valence electrons. The lowest BCUT2D eigenvalue weighted by atomic mass is 10.1. The summed E-state index contributed by atoms with van der Waals surface area (Å²) in [6, 6.07) is 19.5. The minimum absolute atomic E-state index is 0.278. The minimum atomic E-state index is -0.278. The zero-order chi connectivity index (χ0) is 21.9. The number of halogens is 1. The molecule has 0 atom stereocenters. The summed E-state index contributed by atoms with van der Waals surface area (Å²) in [6.45, 7) is 2.04. The molecule has 0 unspecified atom stereocenters. The lowest BCUT2D eigenvalue weighted by molar-refractivity contribution is 0.305. The van der Waals surface area contributed by atoms with Crippen LogP contribution in [-0.2, 0) is 6.61 Å². The van der Waals surface area contributed by atoms with Gasteiger partial charge in [-0.25, -0.2) is 14.4 Å². The smallest absolute Gasteiger partial charge is 0.247 e. The summed E-state index contributed by atoms with van der Waals surface area (Å²) in [5.74, 6) is 2.00. The van der Waals surface area contributed by atoms with Gasteiger partial charge in [-0.05, 0) is 60.2 Å². The number of anilines is 2. The molecule has 0 fully saturated rings. The van der Waals surface area contributed by atoms with Gasteiger partial charge in [0.25, 0.3) is 0 Å². The molecule has 2 aromatic heterocycles. The van der Waals surface area contributed by atoms with E-state index in [1.807, 2.05) is 48.5 Å². The summed E-state index contributed by atoms with van der Waals surface area (Å²) in [4.78, 5) is 8.73. The second kappa shape index (κ2) is 8.43. The summed E-state index contributed by atoms with van der Waals surface area (Å²) in [5, 5.41) is 12.1. The molecule has 0 aliphatic heterocycles. The number of aryl methyl sites for hydroxylation is 1. The fraction of sp³-hybridized carbons (Fsp3) is 0.0833. The van der Waals surface area contributed by atoms with Crippen molar-refractivity contribution in [2.75, 3.05) is 5.32 Å². The predicted molar refractivity (Wildman–Crippen MR) is 118 cm³/mol. The van der Waals surface area contributed by atoms with Crippen LogP contribution in [0.4, 0.5) is 15.9 Å². The Morgan fingerprint density at radius 3 is 2.62 bits per heavy atom. The molecule has 2 heterocycles. The number of aromatic nitrogens is 4. The third kappa shape index (κ3) is 4.24. The minimum Gasteiger partial charge on any atom is -0.489 e. The Hall–Kier alpha value is -4.33. The Morgan fingerprint density at radius 1 is 0.969 bits per heavy atom. The number of nitrogens with zero attached hydrogens (tertiary/aromatic N) is 4. The van der Waals surface area contributed by atoms with E-state index in [2.05, 4.69) is 25.5 Å². The fourth-order valence-electron chi connectivity index (χ4n) is 3.27. The molecule has 0 saturated carbocycles. The van der Waals surface area contributed by atoms with Crippen LogP contribution in [0.15, 0.2) is 77.5 Å². The SMILES string of the molecule is Cc1nnc(-c2ccc3ncnc(Nc4ccc(OCc5cccc(F)c5)cc4)c3c2)o1. The lowest BCUT2D eigenvalue weighted by Crippen LogP contribution is -1.98. The Bertz CT molecular complexity index is 1390. The number of benzene rings is 3. The molecule has 32 heavy (non-hydrogen) atoms. The highest BCUT2D eigenvalue weighted by atomic mass is 19.1. The van der Waals surface area contributed by atoms with Gasteiger partial charge >= 0.3 is 0 Å². The molecule has 0 saturated heterocycles. The summed E-state index contributed by atoms with van der Waals surface area (Å²) in [5.41, 5.74) is 3.18. The number of nitrogens with one attached hydrogen (secondary N) is 1. The maximum atomic E-state index is 13.3. The quantitative estimate of drug-likeness (QED) is 0.386. The first kappa shape index (κ1) is 19.6. The van der Waals surface area contributed by atoms with E-state index >= 15 is 0 Å². The van der Waals surface area contributed by atoms with E-state index in [1.165, 1.54) is 18.5 Å². The Morgan fingerprint density at radius 2 is 1.84 bits per heavy atom. The lowest BCUT2D eigenvalue weighted by Gasteiger charge is -2.10. The molecule has 0 aliphatic carbocycles. The first-order valence-corrected chi connectivity index (χ1v) is 9.94. The molecule has 8 heteroatoms.